The molecule has 0 atom stereocenters. The van der Waals surface area contributed by atoms with E-state index in [-0.39, 0.29) is 0 Å². The predicted octanol–water partition coefficient (Wildman–Crippen LogP) is 2.75. The highest BCUT2D eigenvalue weighted by molar-refractivity contribution is 5.58. The average molecular weight is 283 g/mol. The number of aromatic nitrogens is 2. The van der Waals surface area contributed by atoms with Crippen LogP contribution in [-0.2, 0) is 19.4 Å². The summed E-state index contributed by atoms with van der Waals surface area (Å²) in [6.07, 6.45) is 1.97. The van der Waals surface area contributed by atoms with Crippen LogP contribution >= 0.6 is 0 Å². The Morgan fingerprint density at radius 2 is 2.14 bits per heavy atom. The fourth-order valence-corrected chi connectivity index (χ4v) is 2.75. The second kappa shape index (κ2) is 6.22. The van der Waals surface area contributed by atoms with Gasteiger partial charge in [-0.3, -0.25) is 0 Å². The maximum atomic E-state index is 5.57. The van der Waals surface area contributed by atoms with E-state index in [0.717, 1.165) is 48.8 Å². The zero-order valence-electron chi connectivity index (χ0n) is 12.6. The molecule has 2 aromatic rings. The van der Waals surface area contributed by atoms with Crippen molar-refractivity contribution in [1.82, 2.24) is 15.3 Å². The van der Waals surface area contributed by atoms with Crippen molar-refractivity contribution in [3.8, 4) is 17.1 Å². The van der Waals surface area contributed by atoms with Crippen molar-refractivity contribution in [1.29, 1.82) is 0 Å². The Bertz CT molecular complexity index is 623. The highest BCUT2D eigenvalue weighted by Gasteiger charge is 2.17. The van der Waals surface area contributed by atoms with Crippen LogP contribution in [0, 0.1) is 0 Å². The minimum absolute atomic E-state index is 0.665. The Labute approximate surface area is 125 Å². The summed E-state index contributed by atoms with van der Waals surface area (Å²) in [5, 5.41) is 3.39. The summed E-state index contributed by atoms with van der Waals surface area (Å²) in [6.45, 7) is 6.66. The molecule has 0 aliphatic carbocycles. The zero-order chi connectivity index (χ0) is 14.7. The molecule has 21 heavy (non-hydrogen) atoms. The largest absolute Gasteiger partial charge is 0.494 e. The molecule has 2 heterocycles. The molecule has 1 aromatic carbocycles. The molecule has 0 saturated heterocycles. The van der Waals surface area contributed by atoms with Gasteiger partial charge in [0.1, 0.15) is 5.75 Å². The van der Waals surface area contributed by atoms with Crippen LogP contribution in [0.4, 0.5) is 0 Å². The molecule has 1 aliphatic rings. The summed E-state index contributed by atoms with van der Waals surface area (Å²) in [4.78, 5) is 9.55. The number of fused-ring (bicyclic) bond motifs is 1. The van der Waals surface area contributed by atoms with Crippen LogP contribution in [0.5, 0.6) is 5.75 Å². The van der Waals surface area contributed by atoms with Gasteiger partial charge >= 0.3 is 0 Å². The average Bonchev–Trinajstić information content (AvgIpc) is 2.54. The Morgan fingerprint density at radius 1 is 1.24 bits per heavy atom. The Kier molecular flexibility index (Phi) is 4.15. The van der Waals surface area contributed by atoms with E-state index in [2.05, 4.69) is 12.2 Å². The number of ether oxygens (including phenoxy) is 1. The van der Waals surface area contributed by atoms with Gasteiger partial charge in [-0.25, -0.2) is 9.97 Å². The van der Waals surface area contributed by atoms with E-state index in [1.807, 2.05) is 31.2 Å². The van der Waals surface area contributed by atoms with Gasteiger partial charge in [-0.1, -0.05) is 19.1 Å². The highest BCUT2D eigenvalue weighted by Crippen LogP contribution is 2.24. The molecule has 0 unspecified atom stereocenters. The molecule has 0 bridgehead atoms. The van der Waals surface area contributed by atoms with Gasteiger partial charge in [0.15, 0.2) is 5.82 Å². The topological polar surface area (TPSA) is 47.0 Å². The van der Waals surface area contributed by atoms with Crippen LogP contribution in [0.1, 0.15) is 30.8 Å². The van der Waals surface area contributed by atoms with Crippen LogP contribution in [0.2, 0.25) is 0 Å². The lowest BCUT2D eigenvalue weighted by atomic mass is 10.0. The van der Waals surface area contributed by atoms with Crippen molar-refractivity contribution in [2.45, 2.75) is 33.2 Å². The number of aryl methyl sites for hydroxylation is 1. The predicted molar refractivity (Wildman–Crippen MR) is 83.4 cm³/mol. The maximum absolute atomic E-state index is 5.57. The van der Waals surface area contributed by atoms with Crippen molar-refractivity contribution in [3.05, 3.63) is 41.2 Å². The van der Waals surface area contributed by atoms with Crippen LogP contribution < -0.4 is 10.1 Å². The van der Waals surface area contributed by atoms with E-state index in [4.69, 9.17) is 14.7 Å². The summed E-state index contributed by atoms with van der Waals surface area (Å²) in [7, 11) is 0. The normalized spacial score (nSPS) is 13.8. The van der Waals surface area contributed by atoms with Gasteiger partial charge in [0, 0.05) is 17.8 Å². The van der Waals surface area contributed by atoms with Gasteiger partial charge in [0.2, 0.25) is 0 Å². The van der Waals surface area contributed by atoms with Crippen molar-refractivity contribution in [3.63, 3.8) is 0 Å². The van der Waals surface area contributed by atoms with Gasteiger partial charge in [0.25, 0.3) is 0 Å². The lowest BCUT2D eigenvalue weighted by Crippen LogP contribution is -2.26. The lowest BCUT2D eigenvalue weighted by molar-refractivity contribution is 0.340. The molecule has 4 nitrogen and oxygen atoms in total. The number of nitrogens with zero attached hydrogens (tertiary/aromatic N) is 2. The maximum Gasteiger partial charge on any atom is 0.159 e. The van der Waals surface area contributed by atoms with Crippen molar-refractivity contribution in [2.24, 2.45) is 0 Å². The summed E-state index contributed by atoms with van der Waals surface area (Å²) in [5.41, 5.74) is 4.67. The molecule has 0 amide bonds. The molecule has 0 fully saturated rings. The number of hydrogen-bond donors (Lipinski definition) is 1. The number of benzene rings is 1. The lowest BCUT2D eigenvalue weighted by Gasteiger charge is -2.19. The number of hydrogen-bond acceptors (Lipinski definition) is 4. The second-order valence-electron chi connectivity index (χ2n) is 5.16. The first-order valence-corrected chi connectivity index (χ1v) is 7.64. The first-order valence-electron chi connectivity index (χ1n) is 7.64. The van der Waals surface area contributed by atoms with E-state index in [9.17, 15) is 0 Å². The second-order valence-corrected chi connectivity index (χ2v) is 5.16. The minimum Gasteiger partial charge on any atom is -0.494 e. The monoisotopic (exact) mass is 283 g/mol. The Morgan fingerprint density at radius 3 is 2.95 bits per heavy atom. The third kappa shape index (κ3) is 2.90. The van der Waals surface area contributed by atoms with Gasteiger partial charge in [-0.05, 0) is 44.0 Å². The number of rotatable bonds is 4. The Hall–Kier alpha value is -1.94. The standard InChI is InChI=1S/C17H21N3O/c1-3-15-14-8-9-18-11-16(14)20-17(19-15)12-6-5-7-13(10-12)21-4-2/h5-7,10,18H,3-4,8-9,11H2,1-2H3. The SMILES string of the molecule is CCOc1cccc(-c2nc(CC)c3c(n2)CNCC3)c1. The fourth-order valence-electron chi connectivity index (χ4n) is 2.75. The quantitative estimate of drug-likeness (QED) is 0.937. The van der Waals surface area contributed by atoms with Crippen molar-refractivity contribution >= 4 is 0 Å². The minimum atomic E-state index is 0.665. The molecule has 0 spiro atoms. The molecule has 1 aromatic heterocycles. The number of nitrogens with one attached hydrogen (secondary N) is 1. The summed E-state index contributed by atoms with van der Waals surface area (Å²) >= 11 is 0. The Balaban J connectivity index is 2.04. The van der Waals surface area contributed by atoms with Crippen molar-refractivity contribution in [2.75, 3.05) is 13.2 Å². The molecule has 0 radical (unpaired) electrons. The summed E-state index contributed by atoms with van der Waals surface area (Å²) < 4.78 is 5.57. The van der Waals surface area contributed by atoms with Crippen LogP contribution in [0.3, 0.4) is 0 Å². The molecule has 1 aliphatic heterocycles. The molecular formula is C17H21N3O. The van der Waals surface area contributed by atoms with Crippen LogP contribution in [-0.4, -0.2) is 23.1 Å². The highest BCUT2D eigenvalue weighted by atomic mass is 16.5. The van der Waals surface area contributed by atoms with Gasteiger partial charge in [-0.15, -0.1) is 0 Å². The van der Waals surface area contributed by atoms with E-state index in [1.54, 1.807) is 0 Å². The summed E-state index contributed by atoms with van der Waals surface area (Å²) in [6, 6.07) is 8.02. The molecule has 0 saturated carbocycles. The van der Waals surface area contributed by atoms with E-state index < -0.39 is 0 Å². The van der Waals surface area contributed by atoms with Crippen molar-refractivity contribution < 1.29 is 4.74 Å². The van der Waals surface area contributed by atoms with Gasteiger partial charge in [-0.2, -0.15) is 0 Å². The van der Waals surface area contributed by atoms with E-state index >= 15 is 0 Å². The molecular weight excluding hydrogens is 262 g/mol. The third-order valence-corrected chi connectivity index (χ3v) is 3.76. The van der Waals surface area contributed by atoms with Gasteiger partial charge in [0.05, 0.1) is 12.3 Å². The fraction of sp³-hybridized carbons (Fsp3) is 0.412. The van der Waals surface area contributed by atoms with E-state index in [1.165, 1.54) is 11.3 Å². The summed E-state index contributed by atoms with van der Waals surface area (Å²) in [5.74, 6) is 1.67. The smallest absolute Gasteiger partial charge is 0.159 e. The van der Waals surface area contributed by atoms with Gasteiger partial charge < -0.3 is 10.1 Å². The third-order valence-electron chi connectivity index (χ3n) is 3.76. The molecule has 110 valence electrons. The zero-order valence-corrected chi connectivity index (χ0v) is 12.6. The molecule has 4 heteroatoms. The molecule has 1 N–H and O–H groups in total. The van der Waals surface area contributed by atoms with Crippen LogP contribution in [0.25, 0.3) is 11.4 Å². The first kappa shape index (κ1) is 14.0. The first-order chi connectivity index (χ1) is 10.3. The van der Waals surface area contributed by atoms with Crippen LogP contribution in [0.15, 0.2) is 24.3 Å². The molecule has 3 rings (SSSR count). The van der Waals surface area contributed by atoms with E-state index in [0.29, 0.717) is 6.61 Å².